The molecule has 0 aliphatic carbocycles. The van der Waals surface area contributed by atoms with Crippen LogP contribution in [0.5, 0.6) is 0 Å². The Morgan fingerprint density at radius 3 is 2.68 bits per heavy atom. The van der Waals surface area contributed by atoms with E-state index in [9.17, 15) is 4.39 Å². The number of hydrogen-bond acceptors (Lipinski definition) is 2. The first kappa shape index (κ1) is 11.9. The average Bonchev–Trinajstić information content (AvgIpc) is 2.41. The number of nitrogens with zero attached hydrogens (tertiary/aromatic N) is 1. The van der Waals surface area contributed by atoms with E-state index in [1.807, 2.05) is 18.2 Å². The summed E-state index contributed by atoms with van der Waals surface area (Å²) >= 11 is 6.10. The highest BCUT2D eigenvalue weighted by atomic mass is 35.5. The maximum Gasteiger partial charge on any atom is 0.123 e. The van der Waals surface area contributed by atoms with E-state index in [-0.39, 0.29) is 5.82 Å². The second-order valence-corrected chi connectivity index (χ2v) is 4.70. The van der Waals surface area contributed by atoms with Gasteiger partial charge in [-0.05, 0) is 41.3 Å². The smallest absolute Gasteiger partial charge is 0.123 e. The van der Waals surface area contributed by atoms with Crippen LogP contribution in [-0.2, 0) is 0 Å². The fourth-order valence-corrected chi connectivity index (χ4v) is 2.27. The highest BCUT2D eigenvalue weighted by Crippen LogP contribution is 2.30. The lowest BCUT2D eigenvalue weighted by molar-refractivity contribution is 0.628. The van der Waals surface area contributed by atoms with Gasteiger partial charge in [-0.1, -0.05) is 23.7 Å². The number of hydrogen-bond donors (Lipinski definition) is 1. The van der Waals surface area contributed by atoms with Gasteiger partial charge in [0.2, 0.25) is 0 Å². The third-order valence-electron chi connectivity index (χ3n) is 2.98. The van der Waals surface area contributed by atoms with Gasteiger partial charge in [0.15, 0.2) is 0 Å². The van der Waals surface area contributed by atoms with Gasteiger partial charge in [0.25, 0.3) is 0 Å². The minimum Gasteiger partial charge on any atom is -0.384 e. The molecule has 1 heterocycles. The molecule has 0 saturated carbocycles. The lowest BCUT2D eigenvalue weighted by Crippen LogP contribution is -1.89. The SMILES string of the molecule is Nc1cc2ccc(-c3cc(F)ccc3Cl)cc2cn1. The molecule has 1 aromatic heterocycles. The van der Waals surface area contributed by atoms with Crippen LogP contribution >= 0.6 is 11.6 Å². The largest absolute Gasteiger partial charge is 0.384 e. The molecule has 4 heteroatoms. The van der Waals surface area contributed by atoms with Gasteiger partial charge < -0.3 is 5.73 Å². The summed E-state index contributed by atoms with van der Waals surface area (Å²) in [6, 6.07) is 11.8. The van der Waals surface area contributed by atoms with Gasteiger partial charge in [-0.3, -0.25) is 0 Å². The molecule has 0 unspecified atom stereocenters. The second kappa shape index (κ2) is 4.52. The van der Waals surface area contributed by atoms with Gasteiger partial charge in [0.1, 0.15) is 11.6 Å². The summed E-state index contributed by atoms with van der Waals surface area (Å²) in [5.41, 5.74) is 7.15. The summed E-state index contributed by atoms with van der Waals surface area (Å²) in [7, 11) is 0. The van der Waals surface area contributed by atoms with Crippen LogP contribution in [0.4, 0.5) is 10.2 Å². The van der Waals surface area contributed by atoms with Crippen molar-refractivity contribution in [1.29, 1.82) is 0 Å². The van der Waals surface area contributed by atoms with Gasteiger partial charge in [0, 0.05) is 22.2 Å². The summed E-state index contributed by atoms with van der Waals surface area (Å²) in [6.07, 6.45) is 1.70. The molecule has 0 aliphatic rings. The standard InChI is InChI=1S/C15H10ClFN2/c16-14-4-3-12(17)7-13(14)10-2-1-9-6-15(18)19-8-11(9)5-10/h1-8H,(H2,18,19). The van der Waals surface area contributed by atoms with Crippen LogP contribution in [-0.4, -0.2) is 4.98 Å². The molecule has 2 nitrogen and oxygen atoms in total. The highest BCUT2D eigenvalue weighted by molar-refractivity contribution is 6.33. The first-order valence-corrected chi connectivity index (χ1v) is 6.12. The van der Waals surface area contributed by atoms with E-state index in [4.69, 9.17) is 17.3 Å². The molecule has 0 amide bonds. The second-order valence-electron chi connectivity index (χ2n) is 4.30. The van der Waals surface area contributed by atoms with Gasteiger partial charge >= 0.3 is 0 Å². The van der Waals surface area contributed by atoms with Crippen LogP contribution < -0.4 is 5.73 Å². The maximum absolute atomic E-state index is 13.3. The summed E-state index contributed by atoms with van der Waals surface area (Å²) < 4.78 is 13.3. The normalized spacial score (nSPS) is 10.8. The molecule has 0 saturated heterocycles. The molecule has 0 bridgehead atoms. The number of anilines is 1. The number of halogens is 2. The van der Waals surface area contributed by atoms with E-state index in [1.165, 1.54) is 12.1 Å². The van der Waals surface area contributed by atoms with Crippen LogP contribution in [0.25, 0.3) is 21.9 Å². The summed E-state index contributed by atoms with van der Waals surface area (Å²) in [5, 5.41) is 2.44. The molecule has 0 atom stereocenters. The predicted molar refractivity (Wildman–Crippen MR) is 76.6 cm³/mol. The lowest BCUT2D eigenvalue weighted by Gasteiger charge is -2.07. The Balaban J connectivity index is 2.20. The minimum atomic E-state index is -0.310. The fraction of sp³-hybridized carbons (Fsp3) is 0. The zero-order valence-corrected chi connectivity index (χ0v) is 10.7. The maximum atomic E-state index is 13.3. The van der Waals surface area contributed by atoms with Crippen LogP contribution in [0.15, 0.2) is 48.7 Å². The fourth-order valence-electron chi connectivity index (χ4n) is 2.04. The van der Waals surface area contributed by atoms with E-state index >= 15 is 0 Å². The van der Waals surface area contributed by atoms with Crippen molar-refractivity contribution in [3.63, 3.8) is 0 Å². The van der Waals surface area contributed by atoms with Crippen LogP contribution in [0, 0.1) is 5.82 Å². The van der Waals surface area contributed by atoms with Crippen LogP contribution in [0.2, 0.25) is 5.02 Å². The summed E-state index contributed by atoms with van der Waals surface area (Å²) in [4.78, 5) is 4.05. The van der Waals surface area contributed by atoms with Gasteiger partial charge in [-0.2, -0.15) is 0 Å². The molecule has 0 aliphatic heterocycles. The molecular formula is C15H10ClFN2. The molecule has 2 aromatic carbocycles. The van der Waals surface area contributed by atoms with E-state index in [2.05, 4.69) is 4.98 Å². The first-order valence-electron chi connectivity index (χ1n) is 5.74. The lowest BCUT2D eigenvalue weighted by atomic mass is 10.0. The Hall–Kier alpha value is -2.13. The average molecular weight is 273 g/mol. The number of nitrogen functional groups attached to an aromatic ring is 1. The first-order chi connectivity index (χ1) is 9.13. The van der Waals surface area contributed by atoms with Crippen molar-refractivity contribution < 1.29 is 4.39 Å². The third kappa shape index (κ3) is 2.25. The van der Waals surface area contributed by atoms with Crippen molar-refractivity contribution in [3.05, 3.63) is 59.5 Å². The Morgan fingerprint density at radius 2 is 1.84 bits per heavy atom. The Kier molecular flexibility index (Phi) is 2.84. The van der Waals surface area contributed by atoms with E-state index in [1.54, 1.807) is 18.3 Å². The molecule has 0 spiro atoms. The van der Waals surface area contributed by atoms with Crippen molar-refractivity contribution in [3.8, 4) is 11.1 Å². The zero-order chi connectivity index (χ0) is 13.4. The molecule has 0 fully saturated rings. The van der Waals surface area contributed by atoms with Crippen LogP contribution in [0.1, 0.15) is 0 Å². The summed E-state index contributed by atoms with van der Waals surface area (Å²) in [6.45, 7) is 0. The van der Waals surface area contributed by atoms with Gasteiger partial charge in [0.05, 0.1) is 0 Å². The topological polar surface area (TPSA) is 38.9 Å². The number of pyridine rings is 1. The van der Waals surface area contributed by atoms with Crippen molar-refractivity contribution in [2.45, 2.75) is 0 Å². The zero-order valence-electron chi connectivity index (χ0n) is 9.90. The monoisotopic (exact) mass is 272 g/mol. The molecule has 3 aromatic rings. The Morgan fingerprint density at radius 1 is 1.00 bits per heavy atom. The number of nitrogens with two attached hydrogens (primary N) is 1. The molecular weight excluding hydrogens is 263 g/mol. The Labute approximate surface area is 114 Å². The van der Waals surface area contributed by atoms with Crippen LogP contribution in [0.3, 0.4) is 0 Å². The van der Waals surface area contributed by atoms with Crippen molar-refractivity contribution in [1.82, 2.24) is 4.98 Å². The predicted octanol–water partition coefficient (Wildman–Crippen LogP) is 4.28. The molecule has 3 rings (SSSR count). The number of rotatable bonds is 1. The molecule has 2 N–H and O–H groups in total. The van der Waals surface area contributed by atoms with E-state index < -0.39 is 0 Å². The molecule has 19 heavy (non-hydrogen) atoms. The highest BCUT2D eigenvalue weighted by Gasteiger charge is 2.06. The number of fused-ring (bicyclic) bond motifs is 1. The number of aromatic nitrogens is 1. The van der Waals surface area contributed by atoms with Crippen molar-refractivity contribution >= 4 is 28.2 Å². The van der Waals surface area contributed by atoms with Crippen molar-refractivity contribution in [2.75, 3.05) is 5.73 Å². The summed E-state index contributed by atoms with van der Waals surface area (Å²) in [5.74, 6) is 0.166. The molecule has 0 radical (unpaired) electrons. The van der Waals surface area contributed by atoms with Gasteiger partial charge in [-0.25, -0.2) is 9.37 Å². The number of benzene rings is 2. The van der Waals surface area contributed by atoms with E-state index in [0.29, 0.717) is 16.4 Å². The minimum absolute atomic E-state index is 0.310. The Bertz CT molecular complexity index is 771. The third-order valence-corrected chi connectivity index (χ3v) is 3.31. The molecule has 94 valence electrons. The quantitative estimate of drug-likeness (QED) is 0.718. The van der Waals surface area contributed by atoms with Gasteiger partial charge in [-0.15, -0.1) is 0 Å². The van der Waals surface area contributed by atoms with E-state index in [0.717, 1.165) is 16.3 Å². The van der Waals surface area contributed by atoms with Crippen molar-refractivity contribution in [2.24, 2.45) is 0 Å².